The number of hydrogen-bond donors (Lipinski definition) is 3. The molecule has 0 spiro atoms. The van der Waals surface area contributed by atoms with E-state index in [-0.39, 0.29) is 12.6 Å². The zero-order valence-corrected chi connectivity index (χ0v) is 13.8. The summed E-state index contributed by atoms with van der Waals surface area (Å²) < 4.78 is 5.37. The second-order valence-corrected chi connectivity index (χ2v) is 6.15. The molecule has 0 saturated heterocycles. The standard InChI is InChI=1S/C18H18N2O3S/c21-17(19-11-14-5-2-1-3-6-14)20-13-18(22,15-8-10-24-12-15)16-7-4-9-23-16/h1-10,12,22H,11,13H2,(H2,19,20,21)/t18-/m1/s1. The maximum Gasteiger partial charge on any atom is 0.315 e. The van der Waals surface area contributed by atoms with E-state index in [0.29, 0.717) is 17.9 Å². The van der Waals surface area contributed by atoms with E-state index in [4.69, 9.17) is 4.42 Å². The highest BCUT2D eigenvalue weighted by atomic mass is 32.1. The summed E-state index contributed by atoms with van der Waals surface area (Å²) in [6, 6.07) is 14.5. The Hall–Kier alpha value is -2.57. The summed E-state index contributed by atoms with van der Waals surface area (Å²) in [6.45, 7) is 0.433. The van der Waals surface area contributed by atoms with Gasteiger partial charge in [-0.2, -0.15) is 11.3 Å². The molecule has 1 atom stereocenters. The van der Waals surface area contributed by atoms with Gasteiger partial charge in [0.25, 0.3) is 0 Å². The lowest BCUT2D eigenvalue weighted by molar-refractivity contribution is 0.0591. The van der Waals surface area contributed by atoms with Crippen molar-refractivity contribution in [3.8, 4) is 0 Å². The van der Waals surface area contributed by atoms with Gasteiger partial charge >= 0.3 is 6.03 Å². The Morgan fingerprint density at radius 3 is 2.62 bits per heavy atom. The monoisotopic (exact) mass is 342 g/mol. The van der Waals surface area contributed by atoms with Crippen molar-refractivity contribution in [2.75, 3.05) is 6.54 Å². The van der Waals surface area contributed by atoms with Crippen LogP contribution in [0.3, 0.4) is 0 Å². The molecule has 0 aliphatic rings. The molecule has 3 rings (SSSR count). The number of hydrogen-bond acceptors (Lipinski definition) is 4. The number of carbonyl (C=O) groups is 1. The minimum absolute atomic E-state index is 0.0118. The molecule has 24 heavy (non-hydrogen) atoms. The Morgan fingerprint density at radius 1 is 1.12 bits per heavy atom. The maximum absolute atomic E-state index is 12.0. The highest BCUT2D eigenvalue weighted by Crippen LogP contribution is 2.30. The fraction of sp³-hybridized carbons (Fsp3) is 0.167. The number of urea groups is 1. The van der Waals surface area contributed by atoms with Gasteiger partial charge in [-0.25, -0.2) is 4.79 Å². The van der Waals surface area contributed by atoms with Crippen LogP contribution in [0.4, 0.5) is 4.79 Å². The Kier molecular flexibility index (Phi) is 4.98. The molecule has 124 valence electrons. The van der Waals surface area contributed by atoms with Crippen molar-refractivity contribution in [3.63, 3.8) is 0 Å². The van der Waals surface area contributed by atoms with Crippen LogP contribution in [0.25, 0.3) is 0 Å². The van der Waals surface area contributed by atoms with E-state index in [1.54, 1.807) is 12.1 Å². The molecule has 0 unspecified atom stereocenters. The third kappa shape index (κ3) is 3.67. The van der Waals surface area contributed by atoms with Gasteiger partial charge in [-0.3, -0.25) is 0 Å². The van der Waals surface area contributed by atoms with E-state index in [1.165, 1.54) is 17.6 Å². The third-order valence-electron chi connectivity index (χ3n) is 3.73. The molecule has 0 bridgehead atoms. The molecule has 0 aliphatic carbocycles. The van der Waals surface area contributed by atoms with Crippen molar-refractivity contribution < 1.29 is 14.3 Å². The van der Waals surface area contributed by atoms with Crippen LogP contribution in [-0.2, 0) is 12.1 Å². The second kappa shape index (κ2) is 7.33. The number of amides is 2. The van der Waals surface area contributed by atoms with E-state index in [2.05, 4.69) is 10.6 Å². The lowest BCUT2D eigenvalue weighted by Crippen LogP contribution is -2.45. The molecular weight excluding hydrogens is 324 g/mol. The largest absolute Gasteiger partial charge is 0.466 e. The molecular formula is C18H18N2O3S. The van der Waals surface area contributed by atoms with E-state index in [9.17, 15) is 9.90 Å². The fourth-order valence-corrected chi connectivity index (χ4v) is 3.12. The second-order valence-electron chi connectivity index (χ2n) is 5.37. The Bertz CT molecular complexity index is 721. The third-order valence-corrected chi connectivity index (χ3v) is 4.41. The van der Waals surface area contributed by atoms with Crippen molar-refractivity contribution in [1.29, 1.82) is 0 Å². The molecule has 2 heterocycles. The molecule has 5 nitrogen and oxygen atoms in total. The number of rotatable bonds is 6. The summed E-state index contributed by atoms with van der Waals surface area (Å²) in [6.07, 6.45) is 1.50. The van der Waals surface area contributed by atoms with Crippen molar-refractivity contribution in [2.45, 2.75) is 12.1 Å². The molecule has 3 N–H and O–H groups in total. The van der Waals surface area contributed by atoms with Crippen LogP contribution in [-0.4, -0.2) is 17.7 Å². The molecule has 6 heteroatoms. The van der Waals surface area contributed by atoms with E-state index in [0.717, 1.165) is 5.56 Å². The smallest absolute Gasteiger partial charge is 0.315 e. The predicted octanol–water partition coefficient (Wildman–Crippen LogP) is 3.08. The zero-order valence-electron chi connectivity index (χ0n) is 12.9. The average Bonchev–Trinajstić information content (AvgIpc) is 3.32. The van der Waals surface area contributed by atoms with Crippen LogP contribution in [0.1, 0.15) is 16.9 Å². The molecule has 0 radical (unpaired) electrons. The predicted molar refractivity (Wildman–Crippen MR) is 92.7 cm³/mol. The van der Waals surface area contributed by atoms with Crippen molar-refractivity contribution in [1.82, 2.24) is 10.6 Å². The summed E-state index contributed by atoms with van der Waals surface area (Å²) in [4.78, 5) is 12.0. The number of aliphatic hydroxyl groups is 1. The molecule has 0 saturated carbocycles. The fourth-order valence-electron chi connectivity index (χ4n) is 2.39. The number of thiophene rings is 1. The lowest BCUT2D eigenvalue weighted by Gasteiger charge is -2.25. The SMILES string of the molecule is O=C(NCc1ccccc1)NC[C@@](O)(c1ccsc1)c1ccco1. The van der Waals surface area contributed by atoms with Gasteiger partial charge in [0, 0.05) is 12.1 Å². The van der Waals surface area contributed by atoms with Crippen molar-refractivity contribution in [2.24, 2.45) is 0 Å². The first kappa shape index (κ1) is 16.3. The summed E-state index contributed by atoms with van der Waals surface area (Å²) in [5.41, 5.74) is 0.297. The highest BCUT2D eigenvalue weighted by Gasteiger charge is 2.35. The first-order chi connectivity index (χ1) is 11.7. The van der Waals surface area contributed by atoms with Gasteiger partial charge in [0.2, 0.25) is 0 Å². The van der Waals surface area contributed by atoms with Crippen LogP contribution in [0, 0.1) is 0 Å². The van der Waals surface area contributed by atoms with Gasteiger partial charge in [-0.15, -0.1) is 0 Å². The maximum atomic E-state index is 12.0. The zero-order chi connectivity index (χ0) is 16.8. The minimum atomic E-state index is -1.40. The van der Waals surface area contributed by atoms with Gasteiger partial charge in [-0.1, -0.05) is 30.3 Å². The van der Waals surface area contributed by atoms with Crippen LogP contribution in [0.2, 0.25) is 0 Å². The lowest BCUT2D eigenvalue weighted by atomic mass is 9.93. The summed E-state index contributed by atoms with van der Waals surface area (Å²) in [7, 11) is 0. The average molecular weight is 342 g/mol. The molecule has 2 aromatic heterocycles. The normalized spacial score (nSPS) is 13.2. The minimum Gasteiger partial charge on any atom is -0.466 e. The first-order valence-electron chi connectivity index (χ1n) is 7.53. The summed E-state index contributed by atoms with van der Waals surface area (Å²) in [5, 5.41) is 20.2. The van der Waals surface area contributed by atoms with E-state index < -0.39 is 5.60 Å². The number of nitrogens with one attached hydrogen (secondary N) is 2. The van der Waals surface area contributed by atoms with Crippen LogP contribution in [0.5, 0.6) is 0 Å². The molecule has 2 amide bonds. The number of carbonyl (C=O) groups excluding carboxylic acids is 1. The van der Waals surface area contributed by atoms with Crippen molar-refractivity contribution >= 4 is 17.4 Å². The van der Waals surface area contributed by atoms with Gasteiger partial charge in [0.05, 0.1) is 12.8 Å². The molecule has 0 aliphatic heterocycles. The highest BCUT2D eigenvalue weighted by molar-refractivity contribution is 7.08. The Labute approximate surface area is 143 Å². The summed E-state index contributed by atoms with van der Waals surface area (Å²) in [5.74, 6) is 0.393. The molecule has 3 aromatic rings. The number of benzene rings is 1. The number of furan rings is 1. The topological polar surface area (TPSA) is 74.5 Å². The van der Waals surface area contributed by atoms with Crippen LogP contribution < -0.4 is 10.6 Å². The first-order valence-corrected chi connectivity index (χ1v) is 8.47. The van der Waals surface area contributed by atoms with E-state index >= 15 is 0 Å². The quantitative estimate of drug-likeness (QED) is 0.644. The molecule has 1 aromatic carbocycles. The van der Waals surface area contributed by atoms with Gasteiger partial charge in [0.1, 0.15) is 5.76 Å². The van der Waals surface area contributed by atoms with Crippen molar-refractivity contribution in [3.05, 3.63) is 82.4 Å². The molecule has 0 fully saturated rings. The Morgan fingerprint density at radius 2 is 1.96 bits per heavy atom. The Balaban J connectivity index is 1.63. The van der Waals surface area contributed by atoms with Crippen LogP contribution in [0.15, 0.2) is 70.0 Å². The van der Waals surface area contributed by atoms with Gasteiger partial charge in [-0.05, 0) is 34.5 Å². The van der Waals surface area contributed by atoms with Crippen LogP contribution >= 0.6 is 11.3 Å². The van der Waals surface area contributed by atoms with Gasteiger partial charge in [0.15, 0.2) is 5.60 Å². The van der Waals surface area contributed by atoms with Gasteiger partial charge < -0.3 is 20.2 Å². The van der Waals surface area contributed by atoms with E-state index in [1.807, 2.05) is 47.2 Å². The summed E-state index contributed by atoms with van der Waals surface area (Å²) >= 11 is 1.48.